The largest absolute Gasteiger partial charge is 0.507 e. The average Bonchev–Trinajstić information content (AvgIpc) is 2.63. The molecule has 2 aromatic rings. The number of nitrogens with zero attached hydrogens (tertiary/aromatic N) is 1. The monoisotopic (exact) mass is 343 g/mol. The van der Waals surface area contributed by atoms with Gasteiger partial charge in [-0.2, -0.15) is 5.10 Å². The molecule has 0 heterocycles. The predicted octanol–water partition coefficient (Wildman–Crippen LogP) is 2.36. The predicted molar refractivity (Wildman–Crippen MR) is 96.5 cm³/mol. The Kier molecular flexibility index (Phi) is 6.65. The van der Waals surface area contributed by atoms with E-state index in [1.165, 1.54) is 19.4 Å². The van der Waals surface area contributed by atoms with Gasteiger partial charge in [-0.25, -0.2) is 5.43 Å². The highest BCUT2D eigenvalue weighted by Crippen LogP contribution is 2.21. The van der Waals surface area contributed by atoms with Crippen LogP contribution in [0.15, 0.2) is 47.6 Å². The van der Waals surface area contributed by atoms with Crippen LogP contribution in [-0.2, 0) is 4.79 Å². The average molecular weight is 343 g/mol. The Balaban J connectivity index is 1.82. The Morgan fingerprint density at radius 3 is 2.60 bits per heavy atom. The summed E-state index contributed by atoms with van der Waals surface area (Å²) in [5.74, 6) is 1.10. The van der Waals surface area contributed by atoms with Crippen molar-refractivity contribution in [1.29, 1.82) is 0 Å². The van der Waals surface area contributed by atoms with Crippen molar-refractivity contribution in [2.45, 2.75) is 6.92 Å². The van der Waals surface area contributed by atoms with Crippen LogP contribution in [0.4, 0.5) is 5.69 Å². The molecule has 132 valence electrons. The minimum atomic E-state index is -0.312. The number of ether oxygens (including phenoxy) is 2. The number of hydrazone groups is 1. The van der Waals surface area contributed by atoms with Crippen LogP contribution >= 0.6 is 0 Å². The molecule has 0 aromatic heterocycles. The molecule has 0 fully saturated rings. The second-order valence-corrected chi connectivity index (χ2v) is 5.03. The zero-order valence-electron chi connectivity index (χ0n) is 14.2. The number of hydrogen-bond acceptors (Lipinski definition) is 6. The van der Waals surface area contributed by atoms with Crippen LogP contribution in [0.3, 0.4) is 0 Å². The van der Waals surface area contributed by atoms with Crippen molar-refractivity contribution < 1.29 is 19.4 Å². The number of carbonyl (C=O) groups is 1. The van der Waals surface area contributed by atoms with Gasteiger partial charge in [0.15, 0.2) is 0 Å². The van der Waals surface area contributed by atoms with E-state index in [0.717, 1.165) is 11.4 Å². The van der Waals surface area contributed by atoms with Crippen molar-refractivity contribution in [3.63, 3.8) is 0 Å². The van der Waals surface area contributed by atoms with E-state index < -0.39 is 0 Å². The lowest BCUT2D eigenvalue weighted by molar-refractivity contribution is -0.119. The first-order chi connectivity index (χ1) is 12.1. The van der Waals surface area contributed by atoms with Gasteiger partial charge in [0.1, 0.15) is 17.2 Å². The molecule has 0 spiro atoms. The van der Waals surface area contributed by atoms with Crippen LogP contribution in [0.25, 0.3) is 0 Å². The number of methoxy groups -OCH3 is 1. The summed E-state index contributed by atoms with van der Waals surface area (Å²) in [6.45, 7) is 2.59. The van der Waals surface area contributed by atoms with Gasteiger partial charge in [0.25, 0.3) is 5.91 Å². The van der Waals surface area contributed by atoms with Crippen LogP contribution in [0, 0.1) is 0 Å². The fraction of sp³-hybridized carbons (Fsp3) is 0.222. The van der Waals surface area contributed by atoms with Gasteiger partial charge in [-0.05, 0) is 49.4 Å². The third-order valence-corrected chi connectivity index (χ3v) is 3.25. The second-order valence-electron chi connectivity index (χ2n) is 5.03. The molecule has 7 heteroatoms. The van der Waals surface area contributed by atoms with Crippen LogP contribution < -0.4 is 20.2 Å². The van der Waals surface area contributed by atoms with E-state index in [4.69, 9.17) is 9.47 Å². The van der Waals surface area contributed by atoms with Crippen molar-refractivity contribution in [3.05, 3.63) is 48.0 Å². The first-order valence-electron chi connectivity index (χ1n) is 7.78. The molecule has 1 amide bonds. The smallest absolute Gasteiger partial charge is 0.259 e. The minimum absolute atomic E-state index is 0.0475. The molecule has 0 aliphatic heterocycles. The quantitative estimate of drug-likeness (QED) is 0.505. The third-order valence-electron chi connectivity index (χ3n) is 3.25. The Labute approximate surface area is 146 Å². The van der Waals surface area contributed by atoms with Gasteiger partial charge in [0.05, 0.1) is 26.5 Å². The van der Waals surface area contributed by atoms with Gasteiger partial charge in [-0.15, -0.1) is 0 Å². The molecule has 2 rings (SSSR count). The zero-order valence-corrected chi connectivity index (χ0v) is 14.2. The number of anilines is 1. The van der Waals surface area contributed by atoms with E-state index in [-0.39, 0.29) is 18.2 Å². The zero-order chi connectivity index (χ0) is 18.1. The van der Waals surface area contributed by atoms with E-state index in [9.17, 15) is 9.90 Å². The van der Waals surface area contributed by atoms with Crippen LogP contribution in [0.5, 0.6) is 17.2 Å². The van der Waals surface area contributed by atoms with Crippen LogP contribution in [-0.4, -0.2) is 37.5 Å². The summed E-state index contributed by atoms with van der Waals surface area (Å²) in [6, 6.07) is 12.1. The number of amides is 1. The van der Waals surface area contributed by atoms with Crippen molar-refractivity contribution in [2.75, 3.05) is 25.6 Å². The maximum absolute atomic E-state index is 11.8. The molecule has 0 bridgehead atoms. The minimum Gasteiger partial charge on any atom is -0.507 e. The number of hydrogen-bond donors (Lipinski definition) is 3. The summed E-state index contributed by atoms with van der Waals surface area (Å²) in [5, 5.41) is 16.5. The standard InChI is InChI=1S/C18H21N3O4/c1-3-25-15-6-4-14(5-7-15)19-12-18(23)21-20-11-13-10-16(24-2)8-9-17(13)22/h4-11,19,22H,3,12H2,1-2H3,(H,21,23)/b20-11+. The van der Waals surface area contributed by atoms with Crippen molar-refractivity contribution in [3.8, 4) is 17.2 Å². The van der Waals surface area contributed by atoms with Gasteiger partial charge in [0.2, 0.25) is 0 Å². The topological polar surface area (TPSA) is 92.2 Å². The Hall–Kier alpha value is -3.22. The molecule has 25 heavy (non-hydrogen) atoms. The summed E-state index contributed by atoms with van der Waals surface area (Å²) in [6.07, 6.45) is 1.35. The summed E-state index contributed by atoms with van der Waals surface area (Å²) >= 11 is 0. The lowest BCUT2D eigenvalue weighted by Gasteiger charge is -2.07. The molecular formula is C18H21N3O4. The maximum Gasteiger partial charge on any atom is 0.259 e. The SMILES string of the molecule is CCOc1ccc(NCC(=O)N/N=C/c2cc(OC)ccc2O)cc1. The highest BCUT2D eigenvalue weighted by molar-refractivity contribution is 5.86. The molecule has 7 nitrogen and oxygen atoms in total. The molecule has 0 aliphatic carbocycles. The molecule has 0 atom stereocenters. The number of benzene rings is 2. The molecule has 0 saturated heterocycles. The van der Waals surface area contributed by atoms with E-state index in [1.807, 2.05) is 31.2 Å². The number of phenols is 1. The number of rotatable bonds is 8. The lowest BCUT2D eigenvalue weighted by Crippen LogP contribution is -2.25. The van der Waals surface area contributed by atoms with Crippen molar-refractivity contribution in [1.82, 2.24) is 5.43 Å². The van der Waals surface area contributed by atoms with Gasteiger partial charge in [0, 0.05) is 11.3 Å². The second kappa shape index (κ2) is 9.17. The highest BCUT2D eigenvalue weighted by atomic mass is 16.5. The summed E-state index contributed by atoms with van der Waals surface area (Å²) < 4.78 is 10.4. The number of nitrogens with one attached hydrogen (secondary N) is 2. The Bertz CT molecular complexity index is 730. The van der Waals surface area contributed by atoms with Crippen molar-refractivity contribution >= 4 is 17.8 Å². The summed E-state index contributed by atoms with van der Waals surface area (Å²) in [5.41, 5.74) is 3.63. The van der Waals surface area contributed by atoms with E-state index in [1.54, 1.807) is 12.1 Å². The first-order valence-corrected chi connectivity index (χ1v) is 7.78. The summed E-state index contributed by atoms with van der Waals surface area (Å²) in [7, 11) is 1.53. The van der Waals surface area contributed by atoms with E-state index in [2.05, 4.69) is 15.8 Å². The molecule has 0 aliphatic rings. The molecule has 0 saturated carbocycles. The number of carbonyl (C=O) groups excluding carboxylic acids is 1. The van der Waals surface area contributed by atoms with Gasteiger partial charge < -0.3 is 19.9 Å². The van der Waals surface area contributed by atoms with E-state index >= 15 is 0 Å². The Morgan fingerprint density at radius 1 is 1.20 bits per heavy atom. The molecule has 0 unspecified atom stereocenters. The van der Waals surface area contributed by atoms with Gasteiger partial charge in [-0.1, -0.05) is 0 Å². The van der Waals surface area contributed by atoms with Crippen LogP contribution in [0.2, 0.25) is 0 Å². The fourth-order valence-corrected chi connectivity index (χ4v) is 1.99. The fourth-order valence-electron chi connectivity index (χ4n) is 1.99. The van der Waals surface area contributed by atoms with Gasteiger partial charge in [-0.3, -0.25) is 4.79 Å². The number of phenolic OH excluding ortho intramolecular Hbond substituents is 1. The third kappa shape index (κ3) is 5.72. The first kappa shape index (κ1) is 18.1. The van der Waals surface area contributed by atoms with Gasteiger partial charge >= 0.3 is 0 Å². The highest BCUT2D eigenvalue weighted by Gasteiger charge is 2.02. The van der Waals surface area contributed by atoms with Crippen molar-refractivity contribution in [2.24, 2.45) is 5.10 Å². The lowest BCUT2D eigenvalue weighted by atomic mass is 10.2. The molecule has 3 N–H and O–H groups in total. The molecule has 2 aromatic carbocycles. The Morgan fingerprint density at radius 2 is 1.92 bits per heavy atom. The maximum atomic E-state index is 11.8. The number of aromatic hydroxyl groups is 1. The molecular weight excluding hydrogens is 322 g/mol. The normalized spacial score (nSPS) is 10.5. The molecule has 0 radical (unpaired) electrons. The summed E-state index contributed by atoms with van der Waals surface area (Å²) in [4.78, 5) is 11.8. The van der Waals surface area contributed by atoms with Crippen LogP contribution in [0.1, 0.15) is 12.5 Å². The van der Waals surface area contributed by atoms with E-state index in [0.29, 0.717) is 17.9 Å².